The molecular weight excluding hydrogens is 314 g/mol. The Hall–Kier alpha value is -2.34. The van der Waals surface area contributed by atoms with Crippen LogP contribution in [0.2, 0.25) is 0 Å². The third-order valence-corrected chi connectivity index (χ3v) is 4.84. The molecule has 1 aromatic carbocycles. The van der Waals surface area contributed by atoms with Gasteiger partial charge in [0.15, 0.2) is 0 Å². The van der Waals surface area contributed by atoms with Gasteiger partial charge in [0.1, 0.15) is 6.04 Å². The third-order valence-electron chi connectivity index (χ3n) is 4.84. The van der Waals surface area contributed by atoms with Gasteiger partial charge in [0, 0.05) is 17.4 Å². The number of hydrogen-bond donors (Lipinski definition) is 1. The van der Waals surface area contributed by atoms with E-state index in [0.717, 1.165) is 24.0 Å². The molecule has 0 spiro atoms. The van der Waals surface area contributed by atoms with Crippen molar-refractivity contribution in [3.63, 3.8) is 0 Å². The van der Waals surface area contributed by atoms with Crippen molar-refractivity contribution in [2.75, 3.05) is 27.2 Å². The molecule has 3 rings (SSSR count). The highest BCUT2D eigenvalue weighted by molar-refractivity contribution is 5.83. The summed E-state index contributed by atoms with van der Waals surface area (Å²) in [4.78, 5) is 16.0. The lowest BCUT2D eigenvalue weighted by Crippen LogP contribution is -2.65. The third kappa shape index (κ3) is 3.54. The molecular formula is C20H23N3O2. The van der Waals surface area contributed by atoms with Crippen molar-refractivity contribution < 1.29 is 9.90 Å². The van der Waals surface area contributed by atoms with Gasteiger partial charge in [-0.25, -0.2) is 0 Å². The van der Waals surface area contributed by atoms with Crippen molar-refractivity contribution in [3.05, 3.63) is 35.4 Å². The summed E-state index contributed by atoms with van der Waals surface area (Å²) in [6.07, 6.45) is 1.80. The molecule has 1 saturated heterocycles. The van der Waals surface area contributed by atoms with Crippen LogP contribution in [0.1, 0.15) is 29.9 Å². The first-order valence-corrected chi connectivity index (χ1v) is 8.63. The van der Waals surface area contributed by atoms with Gasteiger partial charge in [-0.2, -0.15) is 5.26 Å². The molecule has 25 heavy (non-hydrogen) atoms. The van der Waals surface area contributed by atoms with Gasteiger partial charge in [0.05, 0.1) is 25.3 Å². The second kappa shape index (κ2) is 7.27. The van der Waals surface area contributed by atoms with Gasteiger partial charge >= 0.3 is 0 Å². The van der Waals surface area contributed by atoms with Crippen LogP contribution in [0.4, 0.5) is 0 Å². The van der Waals surface area contributed by atoms with E-state index in [9.17, 15) is 15.2 Å². The fourth-order valence-corrected chi connectivity index (χ4v) is 3.34. The first kappa shape index (κ1) is 17.5. The molecule has 0 bridgehead atoms. The quantitative estimate of drug-likeness (QED) is 0.838. The standard InChI is InChI=1S/C20H23N3O2/c1-22(2)11-3-4-14-5-7-15(8-6-14)19-17(12-21)23(18(19)13-24)20(25)16-9-10-16/h5-8,16-19,24H,9-11,13H2,1-2H3/t17-,18+,19+/m0/s1. The maximum Gasteiger partial charge on any atom is 0.227 e. The molecule has 1 heterocycles. The van der Waals surface area contributed by atoms with Gasteiger partial charge < -0.3 is 10.0 Å². The van der Waals surface area contributed by atoms with Crippen molar-refractivity contribution in [3.8, 4) is 17.9 Å². The molecule has 1 saturated carbocycles. The van der Waals surface area contributed by atoms with Crippen LogP contribution in [-0.4, -0.2) is 60.1 Å². The van der Waals surface area contributed by atoms with Crippen LogP contribution in [0.5, 0.6) is 0 Å². The topological polar surface area (TPSA) is 67.6 Å². The first-order valence-electron chi connectivity index (χ1n) is 8.63. The van der Waals surface area contributed by atoms with E-state index >= 15 is 0 Å². The zero-order valence-electron chi connectivity index (χ0n) is 14.6. The Morgan fingerprint density at radius 3 is 2.52 bits per heavy atom. The van der Waals surface area contributed by atoms with Crippen LogP contribution in [0.15, 0.2) is 24.3 Å². The number of amides is 1. The largest absolute Gasteiger partial charge is 0.394 e. The average molecular weight is 337 g/mol. The number of likely N-dealkylation sites (tertiary alicyclic amines) is 1. The Balaban J connectivity index is 1.75. The van der Waals surface area contributed by atoms with Gasteiger partial charge in [-0.05, 0) is 44.6 Å². The van der Waals surface area contributed by atoms with Gasteiger partial charge in [-0.1, -0.05) is 24.0 Å². The molecule has 1 aliphatic heterocycles. The molecule has 0 unspecified atom stereocenters. The number of rotatable bonds is 4. The van der Waals surface area contributed by atoms with Crippen LogP contribution < -0.4 is 0 Å². The Bertz CT molecular complexity index is 735. The van der Waals surface area contributed by atoms with Crippen LogP contribution in [0, 0.1) is 29.1 Å². The fourth-order valence-electron chi connectivity index (χ4n) is 3.34. The predicted molar refractivity (Wildman–Crippen MR) is 94.5 cm³/mol. The van der Waals surface area contributed by atoms with E-state index in [1.165, 1.54) is 0 Å². The SMILES string of the molecule is CN(C)CC#Cc1ccc([C@H]2[C@@H](CO)N(C(=O)C3CC3)[C@H]2C#N)cc1. The summed E-state index contributed by atoms with van der Waals surface area (Å²) in [6, 6.07) is 9.24. The summed E-state index contributed by atoms with van der Waals surface area (Å²) >= 11 is 0. The fraction of sp³-hybridized carbons (Fsp3) is 0.500. The number of carbonyl (C=O) groups is 1. The molecule has 1 aromatic rings. The smallest absolute Gasteiger partial charge is 0.227 e. The van der Waals surface area contributed by atoms with Crippen molar-refractivity contribution in [1.82, 2.24) is 9.80 Å². The molecule has 0 aromatic heterocycles. The summed E-state index contributed by atoms with van der Waals surface area (Å²) in [7, 11) is 3.94. The number of aliphatic hydroxyl groups is 1. The Labute approximate surface area is 148 Å². The molecule has 1 N–H and O–H groups in total. The normalized spacial score (nSPS) is 24.9. The van der Waals surface area contributed by atoms with E-state index in [1.807, 2.05) is 43.3 Å². The highest BCUT2D eigenvalue weighted by atomic mass is 16.3. The molecule has 5 heteroatoms. The Kier molecular flexibility index (Phi) is 5.08. The second-order valence-electron chi connectivity index (χ2n) is 7.03. The maximum absolute atomic E-state index is 12.4. The second-order valence-corrected chi connectivity index (χ2v) is 7.03. The minimum absolute atomic E-state index is 0.0213. The molecule has 130 valence electrons. The lowest BCUT2D eigenvalue weighted by Gasteiger charge is -2.51. The molecule has 3 atom stereocenters. The summed E-state index contributed by atoms with van der Waals surface area (Å²) in [5.74, 6) is 6.14. The first-order chi connectivity index (χ1) is 12.1. The van der Waals surface area contributed by atoms with Gasteiger partial charge in [0.2, 0.25) is 5.91 Å². The summed E-state index contributed by atoms with van der Waals surface area (Å²) in [5.41, 5.74) is 1.90. The summed E-state index contributed by atoms with van der Waals surface area (Å²) < 4.78 is 0. The van der Waals surface area contributed by atoms with Crippen LogP contribution in [-0.2, 0) is 4.79 Å². The van der Waals surface area contributed by atoms with Crippen LogP contribution in [0.25, 0.3) is 0 Å². The molecule has 2 fully saturated rings. The van der Waals surface area contributed by atoms with E-state index in [4.69, 9.17) is 0 Å². The number of hydrogen-bond acceptors (Lipinski definition) is 4. The lowest BCUT2D eigenvalue weighted by molar-refractivity contribution is -0.148. The lowest BCUT2D eigenvalue weighted by atomic mass is 9.75. The molecule has 0 radical (unpaired) electrons. The Morgan fingerprint density at radius 1 is 1.32 bits per heavy atom. The van der Waals surface area contributed by atoms with Gasteiger partial charge in [-0.15, -0.1) is 0 Å². The van der Waals surface area contributed by atoms with Crippen LogP contribution in [0.3, 0.4) is 0 Å². The molecule has 2 aliphatic rings. The van der Waals surface area contributed by atoms with Crippen LogP contribution >= 0.6 is 0 Å². The van der Waals surface area contributed by atoms with Gasteiger partial charge in [-0.3, -0.25) is 9.69 Å². The number of nitrogens with zero attached hydrogens (tertiary/aromatic N) is 3. The summed E-state index contributed by atoms with van der Waals surface area (Å²) in [6.45, 7) is 0.581. The highest BCUT2D eigenvalue weighted by Gasteiger charge is 2.53. The van der Waals surface area contributed by atoms with Crippen molar-refractivity contribution >= 4 is 5.91 Å². The molecule has 1 aliphatic carbocycles. The van der Waals surface area contributed by atoms with Gasteiger partial charge in [0.25, 0.3) is 0 Å². The minimum Gasteiger partial charge on any atom is -0.394 e. The van der Waals surface area contributed by atoms with Crippen molar-refractivity contribution in [2.45, 2.75) is 30.8 Å². The molecule has 5 nitrogen and oxygen atoms in total. The van der Waals surface area contributed by atoms with Crippen molar-refractivity contribution in [2.24, 2.45) is 5.92 Å². The van der Waals surface area contributed by atoms with E-state index in [-0.39, 0.29) is 30.4 Å². The summed E-state index contributed by atoms with van der Waals surface area (Å²) in [5, 5.41) is 19.3. The number of benzene rings is 1. The monoisotopic (exact) mass is 337 g/mol. The zero-order valence-corrected chi connectivity index (χ0v) is 14.6. The number of nitriles is 1. The Morgan fingerprint density at radius 2 is 2.00 bits per heavy atom. The highest BCUT2D eigenvalue weighted by Crippen LogP contribution is 2.44. The minimum atomic E-state index is -0.490. The number of aliphatic hydroxyl groups excluding tert-OH is 1. The average Bonchev–Trinajstić information content (AvgIpc) is 3.41. The zero-order chi connectivity index (χ0) is 18.0. The maximum atomic E-state index is 12.4. The number of carbonyl (C=O) groups excluding carboxylic acids is 1. The van der Waals surface area contributed by atoms with E-state index in [0.29, 0.717) is 6.54 Å². The van der Waals surface area contributed by atoms with Crippen molar-refractivity contribution in [1.29, 1.82) is 5.26 Å². The van der Waals surface area contributed by atoms with E-state index in [2.05, 4.69) is 17.9 Å². The molecule has 1 amide bonds. The van der Waals surface area contributed by atoms with E-state index < -0.39 is 6.04 Å². The van der Waals surface area contributed by atoms with E-state index in [1.54, 1.807) is 4.90 Å². The predicted octanol–water partition coefficient (Wildman–Crippen LogP) is 1.19.